The van der Waals surface area contributed by atoms with Crippen molar-refractivity contribution in [3.05, 3.63) is 0 Å². The first-order valence-electron chi connectivity index (χ1n) is 19.9. The van der Waals surface area contributed by atoms with E-state index in [4.69, 9.17) is 0 Å². The lowest BCUT2D eigenvalue weighted by Gasteiger charge is -2.38. The summed E-state index contributed by atoms with van der Waals surface area (Å²) in [5, 5.41) is 64.8. The molecule has 0 spiro atoms. The van der Waals surface area contributed by atoms with Crippen LogP contribution in [-0.4, -0.2) is 113 Å². The van der Waals surface area contributed by atoms with Gasteiger partial charge >= 0.3 is 35.8 Å². The molecule has 9 N–H and O–H groups in total. The first-order valence-corrected chi connectivity index (χ1v) is 20.6. The van der Waals surface area contributed by atoms with Crippen LogP contribution in [0, 0.1) is 5.41 Å². The molecule has 0 aromatic rings. The van der Waals surface area contributed by atoms with Gasteiger partial charge in [0.25, 0.3) is 0 Å². The Morgan fingerprint density at radius 3 is 1.15 bits per heavy atom. The number of carbonyl (C=O) groups excluding carboxylic acids is 4. The summed E-state index contributed by atoms with van der Waals surface area (Å²) >= 11 is 4.13. The number of nitrogens with one attached hydrogen (secondary N) is 3. The molecule has 1 unspecified atom stereocenters. The zero-order valence-electron chi connectivity index (χ0n) is 33.9. The lowest BCUT2D eigenvalue weighted by molar-refractivity contribution is -0.141. The number of rotatable bonds is 37. The molecule has 0 radical (unpaired) electrons. The third-order valence-electron chi connectivity index (χ3n) is 10.4. The second-order valence-electron chi connectivity index (χ2n) is 15.3. The molecule has 0 saturated heterocycles. The van der Waals surface area contributed by atoms with Gasteiger partial charge in [-0.1, -0.05) is 13.3 Å². The standard InChI is InChI=1S/C39H63N3O16S/c1-2-3-5-29(45)41-38(19-7-28(44)40-24-4-25-59,18-6-27(43)26-37(15-9-31(47)48,16-10-32(49)50)17-11-33(51)52)20-8-30(46)42-39(21-12-34(53)54,22-13-35(55)56)23-14-36(57)58/h59H,2-26H2,1H3,(H,40,44)(H,41,45)(H,42,46)(H,47,48)(H,49,50)(H,51,52)(H,53,54)(H,55,56)(H,57,58). The SMILES string of the molecule is CCCCC(=O)NC(CCC(=O)CC(CCC(=O)O)(CCC(=O)O)CCC(=O)O)(CCC(=O)NCCCS)CCC(=O)NC(CCC(=O)O)(CCC(=O)O)CCC(=O)O. The van der Waals surface area contributed by atoms with Crippen molar-refractivity contribution < 1.29 is 78.6 Å². The van der Waals surface area contributed by atoms with Gasteiger partial charge in [-0.15, -0.1) is 0 Å². The number of Topliss-reactive ketones (excluding diaryl/α,β-unsaturated/α-hetero) is 1. The highest BCUT2D eigenvalue weighted by molar-refractivity contribution is 7.80. The minimum Gasteiger partial charge on any atom is -0.481 e. The lowest BCUT2D eigenvalue weighted by atomic mass is 9.70. The number of carboxylic acid groups (broad SMARTS) is 6. The maximum atomic E-state index is 13.9. The number of hydrogen-bond acceptors (Lipinski definition) is 11. The van der Waals surface area contributed by atoms with Crippen LogP contribution in [0.3, 0.4) is 0 Å². The van der Waals surface area contributed by atoms with E-state index in [1.165, 1.54) is 0 Å². The first-order chi connectivity index (χ1) is 27.6. The number of aliphatic carboxylic acids is 6. The molecule has 0 aromatic heterocycles. The Balaban J connectivity index is 6.96. The molecular weight excluding hydrogens is 799 g/mol. The Morgan fingerprint density at radius 1 is 0.441 bits per heavy atom. The van der Waals surface area contributed by atoms with Gasteiger partial charge in [-0.3, -0.25) is 47.9 Å². The maximum absolute atomic E-state index is 13.9. The Hall–Kier alpha value is -4.75. The van der Waals surface area contributed by atoms with E-state index >= 15 is 0 Å². The molecule has 0 bridgehead atoms. The fourth-order valence-electron chi connectivity index (χ4n) is 6.96. The van der Waals surface area contributed by atoms with Crippen LogP contribution in [-0.2, 0) is 47.9 Å². The molecule has 0 rings (SSSR count). The van der Waals surface area contributed by atoms with E-state index in [-0.39, 0.29) is 83.5 Å². The van der Waals surface area contributed by atoms with E-state index in [2.05, 4.69) is 28.6 Å². The van der Waals surface area contributed by atoms with Crippen molar-refractivity contribution in [1.82, 2.24) is 16.0 Å². The van der Waals surface area contributed by atoms with Crippen molar-refractivity contribution in [3.8, 4) is 0 Å². The van der Waals surface area contributed by atoms with Crippen LogP contribution < -0.4 is 16.0 Å². The molecule has 20 heteroatoms. The molecule has 19 nitrogen and oxygen atoms in total. The predicted molar refractivity (Wildman–Crippen MR) is 214 cm³/mol. The number of thiol groups is 1. The average Bonchev–Trinajstić information content (AvgIpc) is 3.15. The predicted octanol–water partition coefficient (Wildman–Crippen LogP) is 3.80. The molecule has 0 aliphatic rings. The fourth-order valence-corrected chi connectivity index (χ4v) is 7.12. The van der Waals surface area contributed by atoms with Gasteiger partial charge in [0.05, 0.1) is 0 Å². The third kappa shape index (κ3) is 26.1. The van der Waals surface area contributed by atoms with Gasteiger partial charge in [-0.25, -0.2) is 0 Å². The summed E-state index contributed by atoms with van der Waals surface area (Å²) in [7, 11) is 0. The lowest BCUT2D eigenvalue weighted by Crippen LogP contribution is -2.52. The highest BCUT2D eigenvalue weighted by Crippen LogP contribution is 2.40. The van der Waals surface area contributed by atoms with Crippen molar-refractivity contribution in [2.75, 3.05) is 12.3 Å². The average molecular weight is 862 g/mol. The first kappa shape index (κ1) is 54.2. The van der Waals surface area contributed by atoms with Crippen LogP contribution in [0.1, 0.15) is 155 Å². The molecule has 3 amide bonds. The van der Waals surface area contributed by atoms with Gasteiger partial charge in [-0.2, -0.15) is 12.6 Å². The minimum atomic E-state index is -1.55. The number of carboxylic acids is 6. The Bertz CT molecular complexity index is 1280. The monoisotopic (exact) mass is 861 g/mol. The quantitative estimate of drug-likeness (QED) is 0.0314. The summed E-state index contributed by atoms with van der Waals surface area (Å²) in [6.45, 7) is 2.16. The van der Waals surface area contributed by atoms with E-state index in [0.717, 1.165) is 0 Å². The van der Waals surface area contributed by atoms with Crippen LogP contribution in [0.4, 0.5) is 0 Å². The van der Waals surface area contributed by atoms with Crippen LogP contribution >= 0.6 is 12.6 Å². The number of amides is 3. The molecule has 0 aliphatic carbocycles. The van der Waals surface area contributed by atoms with E-state index in [1.807, 2.05) is 6.92 Å². The molecule has 336 valence electrons. The van der Waals surface area contributed by atoms with Gasteiger partial charge in [-0.05, 0) is 81.8 Å². The van der Waals surface area contributed by atoms with Gasteiger partial charge in [0.2, 0.25) is 17.7 Å². The molecule has 1 atom stereocenters. The maximum Gasteiger partial charge on any atom is 0.303 e. The molecular formula is C39H63N3O16S. The normalized spacial score (nSPS) is 12.4. The Kier molecular flexibility index (Phi) is 26.3. The minimum absolute atomic E-state index is 0.0535. The Labute approximate surface area is 349 Å². The summed E-state index contributed by atoms with van der Waals surface area (Å²) in [6.07, 6.45) is -4.35. The van der Waals surface area contributed by atoms with Crippen LogP contribution in [0.2, 0.25) is 0 Å². The van der Waals surface area contributed by atoms with Crippen LogP contribution in [0.15, 0.2) is 0 Å². The van der Waals surface area contributed by atoms with Crippen molar-refractivity contribution in [1.29, 1.82) is 0 Å². The molecule has 0 heterocycles. The molecule has 0 saturated carbocycles. The largest absolute Gasteiger partial charge is 0.481 e. The summed E-state index contributed by atoms with van der Waals surface area (Å²) in [5.41, 5.74) is -4.28. The highest BCUT2D eigenvalue weighted by Gasteiger charge is 2.39. The molecule has 0 fully saturated rings. The highest BCUT2D eigenvalue weighted by atomic mass is 32.1. The Morgan fingerprint density at radius 2 is 0.780 bits per heavy atom. The van der Waals surface area contributed by atoms with Crippen molar-refractivity contribution in [3.63, 3.8) is 0 Å². The molecule has 0 aromatic carbocycles. The number of ketones is 1. The van der Waals surface area contributed by atoms with Crippen LogP contribution in [0.25, 0.3) is 0 Å². The summed E-state index contributed by atoms with van der Waals surface area (Å²) < 4.78 is 0. The topological polar surface area (TPSA) is 328 Å². The van der Waals surface area contributed by atoms with Crippen molar-refractivity contribution >= 4 is 71.9 Å². The molecule has 0 aliphatic heterocycles. The number of unbranched alkanes of at least 4 members (excludes halogenated alkanes) is 1. The van der Waals surface area contributed by atoms with Gasteiger partial charge in [0.15, 0.2) is 0 Å². The van der Waals surface area contributed by atoms with E-state index in [0.29, 0.717) is 31.6 Å². The summed E-state index contributed by atoms with van der Waals surface area (Å²) in [4.78, 5) is 123. The van der Waals surface area contributed by atoms with Crippen molar-refractivity contribution in [2.45, 2.75) is 166 Å². The summed E-state index contributed by atoms with van der Waals surface area (Å²) in [6, 6.07) is 0. The third-order valence-corrected chi connectivity index (χ3v) is 10.7. The number of hydrogen-bond donors (Lipinski definition) is 10. The van der Waals surface area contributed by atoms with E-state index < -0.39 is 121 Å². The zero-order chi connectivity index (χ0) is 45.1. The molecule has 59 heavy (non-hydrogen) atoms. The summed E-state index contributed by atoms with van der Waals surface area (Å²) in [5.74, 6) is -9.09. The van der Waals surface area contributed by atoms with Gasteiger partial charge in [0, 0.05) is 88.3 Å². The van der Waals surface area contributed by atoms with E-state index in [9.17, 15) is 78.6 Å². The van der Waals surface area contributed by atoms with Crippen LogP contribution in [0.5, 0.6) is 0 Å². The smallest absolute Gasteiger partial charge is 0.303 e. The van der Waals surface area contributed by atoms with Crippen molar-refractivity contribution in [2.24, 2.45) is 5.41 Å². The van der Waals surface area contributed by atoms with Gasteiger partial charge in [0.1, 0.15) is 5.78 Å². The zero-order valence-corrected chi connectivity index (χ0v) is 34.8. The second-order valence-corrected chi connectivity index (χ2v) is 15.7. The van der Waals surface area contributed by atoms with Gasteiger partial charge < -0.3 is 46.6 Å². The number of carbonyl (C=O) groups is 10. The fraction of sp³-hybridized carbons (Fsp3) is 0.744. The second kappa shape index (κ2) is 28.6. The van der Waals surface area contributed by atoms with E-state index in [1.54, 1.807) is 0 Å².